The first-order valence-corrected chi connectivity index (χ1v) is 6.88. The first-order chi connectivity index (χ1) is 8.47. The third-order valence-electron chi connectivity index (χ3n) is 2.20. The van der Waals surface area contributed by atoms with Crippen LogP contribution in [-0.2, 0) is 0 Å². The zero-order valence-electron chi connectivity index (χ0n) is 8.44. The van der Waals surface area contributed by atoms with Crippen molar-refractivity contribution in [2.24, 2.45) is 0 Å². The fourth-order valence-corrected chi connectivity index (χ4v) is 3.20. The van der Waals surface area contributed by atoms with E-state index in [9.17, 15) is 9.18 Å². The Morgan fingerprint density at radius 1 is 1.17 bits per heavy atom. The molecule has 0 bridgehead atoms. The molecule has 0 fully saturated rings. The molecule has 2 nitrogen and oxygen atoms in total. The van der Waals surface area contributed by atoms with Gasteiger partial charge in [-0.15, -0.1) is 0 Å². The number of rotatable bonds is 2. The molecule has 0 aliphatic rings. The molecule has 0 saturated carbocycles. The summed E-state index contributed by atoms with van der Waals surface area (Å²) in [6.07, 6.45) is 0.568. The van der Waals surface area contributed by atoms with E-state index in [1.807, 2.05) is 0 Å². The Hall–Kier alpha value is -0.360. The molecular weight excluding hydrogens is 414 g/mol. The van der Waals surface area contributed by atoms with Gasteiger partial charge in [0.2, 0.25) is 0 Å². The van der Waals surface area contributed by atoms with E-state index in [1.54, 1.807) is 6.07 Å². The molecule has 94 valence electrons. The van der Waals surface area contributed by atoms with Crippen LogP contribution in [0.2, 0.25) is 10.0 Å². The van der Waals surface area contributed by atoms with E-state index in [-0.39, 0.29) is 15.8 Å². The summed E-state index contributed by atoms with van der Waals surface area (Å²) in [6.45, 7) is 0. The highest BCUT2D eigenvalue weighted by Gasteiger charge is 2.22. The minimum atomic E-state index is -0.733. The number of halogens is 5. The van der Waals surface area contributed by atoms with Crippen LogP contribution < -0.4 is 0 Å². The quantitative estimate of drug-likeness (QED) is 0.355. The number of furan rings is 1. The third-order valence-corrected chi connectivity index (χ3v) is 4.95. The lowest BCUT2D eigenvalue weighted by Crippen LogP contribution is -1.89. The molecule has 0 aliphatic heterocycles. The molecule has 0 saturated heterocycles. The van der Waals surface area contributed by atoms with Crippen LogP contribution in [0.15, 0.2) is 25.5 Å². The maximum absolute atomic E-state index is 13.6. The third kappa shape index (κ3) is 2.25. The predicted molar refractivity (Wildman–Crippen MR) is 74.9 cm³/mol. The van der Waals surface area contributed by atoms with Gasteiger partial charge in [-0.05, 0) is 44.0 Å². The molecule has 0 radical (unpaired) electrons. The summed E-state index contributed by atoms with van der Waals surface area (Å²) in [5.74, 6) is -0.233. The zero-order chi connectivity index (χ0) is 13.4. The Morgan fingerprint density at radius 2 is 1.72 bits per heavy atom. The molecule has 2 rings (SSSR count). The Labute approximate surface area is 128 Å². The van der Waals surface area contributed by atoms with E-state index in [2.05, 4.69) is 31.9 Å². The maximum Gasteiger partial charge on any atom is 0.185 e. The van der Waals surface area contributed by atoms with Crippen LogP contribution in [0.4, 0.5) is 4.39 Å². The van der Waals surface area contributed by atoms with Gasteiger partial charge in [0.1, 0.15) is 5.76 Å². The molecule has 1 aromatic carbocycles. The minimum Gasteiger partial charge on any atom is -0.453 e. The maximum atomic E-state index is 13.6. The standard InChI is InChI=1S/C11H3Br2Cl2FO2/c12-7-6(5-2-1-4(3-17)18-5)8(13)10(15)11(16)9(7)14/h1-3H. The minimum absolute atomic E-state index is 0.151. The van der Waals surface area contributed by atoms with Crippen LogP contribution >= 0.6 is 55.1 Å². The van der Waals surface area contributed by atoms with Gasteiger partial charge in [0.15, 0.2) is 17.9 Å². The summed E-state index contributed by atoms with van der Waals surface area (Å²) in [6, 6.07) is 3.06. The van der Waals surface area contributed by atoms with E-state index in [4.69, 9.17) is 27.6 Å². The van der Waals surface area contributed by atoms with Gasteiger partial charge in [0.25, 0.3) is 0 Å². The van der Waals surface area contributed by atoms with Crippen molar-refractivity contribution >= 4 is 61.3 Å². The van der Waals surface area contributed by atoms with Crippen LogP contribution in [0.3, 0.4) is 0 Å². The highest BCUT2D eigenvalue weighted by atomic mass is 79.9. The second-order valence-electron chi connectivity index (χ2n) is 3.26. The number of hydrogen-bond donors (Lipinski definition) is 0. The van der Waals surface area contributed by atoms with E-state index < -0.39 is 5.82 Å². The topological polar surface area (TPSA) is 30.2 Å². The summed E-state index contributed by atoms with van der Waals surface area (Å²) in [7, 11) is 0. The average molecular weight is 417 g/mol. The lowest BCUT2D eigenvalue weighted by molar-refractivity contribution is 0.110. The lowest BCUT2D eigenvalue weighted by Gasteiger charge is -2.10. The highest BCUT2D eigenvalue weighted by Crippen LogP contribution is 2.45. The highest BCUT2D eigenvalue weighted by molar-refractivity contribution is 9.11. The van der Waals surface area contributed by atoms with E-state index in [0.29, 0.717) is 26.6 Å². The van der Waals surface area contributed by atoms with Crippen molar-refractivity contribution in [1.29, 1.82) is 0 Å². The van der Waals surface area contributed by atoms with Gasteiger partial charge < -0.3 is 4.42 Å². The van der Waals surface area contributed by atoms with Crippen LogP contribution in [0, 0.1) is 5.82 Å². The Morgan fingerprint density at radius 3 is 2.17 bits per heavy atom. The van der Waals surface area contributed by atoms with Gasteiger partial charge >= 0.3 is 0 Å². The molecule has 0 N–H and O–H groups in total. The second-order valence-corrected chi connectivity index (χ2v) is 5.61. The Balaban J connectivity index is 2.75. The Kier molecular flexibility index (Phi) is 4.16. The first kappa shape index (κ1) is 14.1. The summed E-state index contributed by atoms with van der Waals surface area (Å²) < 4.78 is 19.5. The summed E-state index contributed by atoms with van der Waals surface area (Å²) in [4.78, 5) is 10.6. The van der Waals surface area contributed by atoms with E-state index >= 15 is 0 Å². The molecule has 0 atom stereocenters. The van der Waals surface area contributed by atoms with Gasteiger partial charge in [-0.1, -0.05) is 23.2 Å². The van der Waals surface area contributed by atoms with E-state index in [1.165, 1.54) is 6.07 Å². The molecule has 0 aliphatic carbocycles. The monoisotopic (exact) mass is 414 g/mol. The SMILES string of the molecule is O=Cc1ccc(-c2c(Br)c(Cl)c(F)c(Cl)c2Br)o1. The molecule has 1 heterocycles. The van der Waals surface area contributed by atoms with Crippen molar-refractivity contribution in [3.05, 3.63) is 42.7 Å². The van der Waals surface area contributed by atoms with Gasteiger partial charge in [0, 0.05) is 5.56 Å². The van der Waals surface area contributed by atoms with E-state index in [0.717, 1.165) is 0 Å². The van der Waals surface area contributed by atoms with Crippen LogP contribution in [0.25, 0.3) is 11.3 Å². The predicted octanol–water partition coefficient (Wildman–Crippen LogP) is 5.73. The fourth-order valence-electron chi connectivity index (χ4n) is 1.37. The number of aldehydes is 1. The first-order valence-electron chi connectivity index (χ1n) is 4.54. The number of benzene rings is 1. The zero-order valence-corrected chi connectivity index (χ0v) is 13.1. The van der Waals surface area contributed by atoms with Crippen LogP contribution in [0.1, 0.15) is 10.6 Å². The Bertz CT molecular complexity index is 611. The van der Waals surface area contributed by atoms with Gasteiger partial charge in [0.05, 0.1) is 19.0 Å². The van der Waals surface area contributed by atoms with Crippen molar-refractivity contribution < 1.29 is 13.6 Å². The van der Waals surface area contributed by atoms with Crippen molar-refractivity contribution in [2.75, 3.05) is 0 Å². The van der Waals surface area contributed by atoms with Crippen molar-refractivity contribution in [2.45, 2.75) is 0 Å². The molecule has 7 heteroatoms. The lowest BCUT2D eigenvalue weighted by atomic mass is 10.1. The number of carbonyl (C=O) groups is 1. The molecular formula is C11H3Br2Cl2FO2. The number of hydrogen-bond acceptors (Lipinski definition) is 2. The summed E-state index contributed by atoms with van der Waals surface area (Å²) in [5, 5.41) is -0.301. The van der Waals surface area contributed by atoms with Gasteiger partial charge in [-0.3, -0.25) is 4.79 Å². The summed E-state index contributed by atoms with van der Waals surface area (Å²) in [5.41, 5.74) is 0.444. The van der Waals surface area contributed by atoms with Gasteiger partial charge in [-0.25, -0.2) is 4.39 Å². The largest absolute Gasteiger partial charge is 0.453 e. The molecule has 0 spiro atoms. The van der Waals surface area contributed by atoms with Gasteiger partial charge in [-0.2, -0.15) is 0 Å². The van der Waals surface area contributed by atoms with Crippen molar-refractivity contribution in [3.63, 3.8) is 0 Å². The van der Waals surface area contributed by atoms with Crippen molar-refractivity contribution in [1.82, 2.24) is 0 Å². The second kappa shape index (κ2) is 5.33. The van der Waals surface area contributed by atoms with Crippen LogP contribution in [-0.4, -0.2) is 6.29 Å². The molecule has 2 aromatic rings. The van der Waals surface area contributed by atoms with Crippen molar-refractivity contribution in [3.8, 4) is 11.3 Å². The summed E-state index contributed by atoms with van der Waals surface area (Å²) >= 11 is 18.0. The molecule has 0 unspecified atom stereocenters. The fraction of sp³-hybridized carbons (Fsp3) is 0. The number of carbonyl (C=O) groups excluding carboxylic acids is 1. The normalized spacial score (nSPS) is 10.7. The average Bonchev–Trinajstić information content (AvgIpc) is 2.83. The smallest absolute Gasteiger partial charge is 0.185 e. The molecule has 0 amide bonds. The van der Waals surface area contributed by atoms with Crippen LogP contribution in [0.5, 0.6) is 0 Å². The molecule has 1 aromatic heterocycles. The molecule has 18 heavy (non-hydrogen) atoms.